The second-order valence-electron chi connectivity index (χ2n) is 1.38. The summed E-state index contributed by atoms with van der Waals surface area (Å²) in [6.07, 6.45) is 3.48. The van der Waals surface area contributed by atoms with Crippen LogP contribution in [0.4, 0.5) is 0 Å². The first-order valence-corrected chi connectivity index (χ1v) is 2.41. The molecule has 0 saturated heterocycles. The van der Waals surface area contributed by atoms with Gasteiger partial charge in [-0.15, -0.1) is 0 Å². The van der Waals surface area contributed by atoms with Gasteiger partial charge in [0.2, 0.25) is 0 Å². The summed E-state index contributed by atoms with van der Waals surface area (Å²) in [6.45, 7) is 3.28. The molecule has 0 amide bonds. The van der Waals surface area contributed by atoms with Crippen LogP contribution in [0.5, 0.6) is 0 Å². The Balaban J connectivity index is 3.95. The maximum absolute atomic E-state index is 9.97. The maximum atomic E-state index is 9.97. The van der Waals surface area contributed by atoms with Crippen molar-refractivity contribution in [3.8, 4) is 0 Å². The molecule has 0 N–H and O–H groups in total. The second kappa shape index (κ2) is 4.90. The number of nitrogens with zero attached hydrogens (tertiary/aromatic N) is 1. The van der Waals surface area contributed by atoms with Gasteiger partial charge in [-0.2, -0.15) is 4.91 Å². The molecule has 0 aliphatic rings. The van der Waals surface area contributed by atoms with Crippen LogP contribution in [-0.2, 0) is 4.79 Å². The lowest BCUT2D eigenvalue weighted by atomic mass is 10.3. The Kier molecular flexibility index (Phi) is 4.22. The van der Waals surface area contributed by atoms with Crippen LogP contribution in [0.2, 0.25) is 0 Å². The first kappa shape index (κ1) is 7.75. The van der Waals surface area contributed by atoms with Gasteiger partial charge in [-0.1, -0.05) is 23.9 Å². The van der Waals surface area contributed by atoms with Gasteiger partial charge in [0.15, 0.2) is 0 Å². The lowest BCUT2D eigenvalue weighted by molar-refractivity contribution is -0.104. The third-order valence-electron chi connectivity index (χ3n) is 0.730. The van der Waals surface area contributed by atoms with Crippen molar-refractivity contribution in [3.63, 3.8) is 0 Å². The number of hydrogen-bond donors (Lipinski definition) is 0. The van der Waals surface area contributed by atoms with E-state index in [4.69, 9.17) is 0 Å². The van der Waals surface area contributed by atoms with E-state index in [2.05, 4.69) is 11.8 Å². The van der Waals surface area contributed by atoms with Gasteiger partial charge in [0, 0.05) is 5.57 Å². The van der Waals surface area contributed by atoms with E-state index in [0.717, 1.165) is 0 Å². The van der Waals surface area contributed by atoms with Crippen LogP contribution in [0.15, 0.2) is 29.5 Å². The summed E-state index contributed by atoms with van der Waals surface area (Å²) in [5, 5.41) is 2.53. The summed E-state index contributed by atoms with van der Waals surface area (Å²) in [6, 6.07) is 0. The van der Waals surface area contributed by atoms with Crippen LogP contribution in [-0.4, -0.2) is 12.8 Å². The van der Waals surface area contributed by atoms with Crippen LogP contribution in [0.1, 0.15) is 0 Å². The molecule has 0 spiro atoms. The Morgan fingerprint density at radius 2 is 2.33 bits per heavy atom. The van der Waals surface area contributed by atoms with Crippen LogP contribution in [0, 0.1) is 4.91 Å². The molecule has 0 saturated carbocycles. The van der Waals surface area contributed by atoms with Gasteiger partial charge in [-0.25, -0.2) is 0 Å². The van der Waals surface area contributed by atoms with Crippen molar-refractivity contribution < 1.29 is 4.79 Å². The van der Waals surface area contributed by atoms with Crippen LogP contribution >= 0.6 is 0 Å². The van der Waals surface area contributed by atoms with Crippen LogP contribution < -0.4 is 0 Å². The molecule has 0 aromatic rings. The van der Waals surface area contributed by atoms with Crippen molar-refractivity contribution in [1.82, 2.24) is 0 Å². The maximum Gasteiger partial charge on any atom is 0.148 e. The second-order valence-corrected chi connectivity index (χ2v) is 1.38. The van der Waals surface area contributed by atoms with Crippen molar-refractivity contribution in [2.24, 2.45) is 5.18 Å². The van der Waals surface area contributed by atoms with Gasteiger partial charge >= 0.3 is 0 Å². The summed E-state index contributed by atoms with van der Waals surface area (Å²) in [5.74, 6) is 0. The Hall–Kier alpha value is -1.25. The number of carbonyl (C=O) groups excluding carboxylic acids is 1. The van der Waals surface area contributed by atoms with Crippen molar-refractivity contribution in [3.05, 3.63) is 29.2 Å². The van der Waals surface area contributed by atoms with E-state index < -0.39 is 0 Å². The van der Waals surface area contributed by atoms with Gasteiger partial charge in [-0.05, 0) is 0 Å². The predicted molar refractivity (Wildman–Crippen MR) is 35.0 cm³/mol. The normalized spacial score (nSPS) is 10.4. The molecular weight excluding hydrogens is 118 g/mol. The van der Waals surface area contributed by atoms with Gasteiger partial charge in [-0.3, -0.25) is 4.79 Å². The first-order chi connectivity index (χ1) is 4.35. The van der Waals surface area contributed by atoms with Gasteiger partial charge in [0.25, 0.3) is 0 Å². The number of rotatable bonds is 4. The average molecular weight is 125 g/mol. The molecule has 3 heteroatoms. The Bertz CT molecular complexity index is 149. The highest BCUT2D eigenvalue weighted by molar-refractivity contribution is 5.74. The third kappa shape index (κ3) is 3.34. The molecule has 3 nitrogen and oxygen atoms in total. The predicted octanol–water partition coefficient (Wildman–Crippen LogP) is 1.06. The highest BCUT2D eigenvalue weighted by Gasteiger charge is 1.89. The molecular formula is C6H7NO2. The number of nitroso groups, excluding NO2 is 1. The molecule has 9 heavy (non-hydrogen) atoms. The fourth-order valence-electron chi connectivity index (χ4n) is 0.355. The molecule has 0 aliphatic heterocycles. The lowest BCUT2D eigenvalue weighted by Gasteiger charge is -1.83. The minimum Gasteiger partial charge on any atom is -0.298 e. The minimum absolute atomic E-state index is 0.0739. The zero-order valence-electron chi connectivity index (χ0n) is 4.91. The highest BCUT2D eigenvalue weighted by Crippen LogP contribution is 1.89. The minimum atomic E-state index is -0.0739. The molecule has 0 rings (SSSR count). The fraction of sp³-hybridized carbons (Fsp3) is 0.167. The zero-order valence-corrected chi connectivity index (χ0v) is 4.91. The van der Waals surface area contributed by atoms with Crippen molar-refractivity contribution in [1.29, 1.82) is 0 Å². The standard InChI is InChI=1S/C6H7NO2/c1-2-3-6(5-8)4-7-9/h2-3,5H,1,4H2/b6-3+. The van der Waals surface area contributed by atoms with E-state index in [1.54, 1.807) is 0 Å². The topological polar surface area (TPSA) is 46.5 Å². The van der Waals surface area contributed by atoms with Crippen molar-refractivity contribution >= 4 is 6.29 Å². The van der Waals surface area contributed by atoms with Gasteiger partial charge in [0.1, 0.15) is 12.8 Å². The largest absolute Gasteiger partial charge is 0.298 e. The van der Waals surface area contributed by atoms with E-state index in [1.807, 2.05) is 0 Å². The molecule has 0 atom stereocenters. The van der Waals surface area contributed by atoms with Gasteiger partial charge in [0.05, 0.1) is 0 Å². The summed E-state index contributed by atoms with van der Waals surface area (Å²) < 4.78 is 0. The van der Waals surface area contributed by atoms with Gasteiger partial charge < -0.3 is 0 Å². The summed E-state index contributed by atoms with van der Waals surface area (Å²) in [4.78, 5) is 19.5. The van der Waals surface area contributed by atoms with E-state index in [1.165, 1.54) is 12.2 Å². The third-order valence-corrected chi connectivity index (χ3v) is 0.730. The zero-order chi connectivity index (χ0) is 7.11. The average Bonchev–Trinajstić information content (AvgIpc) is 1.88. The lowest BCUT2D eigenvalue weighted by Crippen LogP contribution is -1.87. The van der Waals surface area contributed by atoms with E-state index >= 15 is 0 Å². The molecule has 0 heterocycles. The molecule has 0 radical (unpaired) electrons. The summed E-state index contributed by atoms with van der Waals surface area (Å²) in [7, 11) is 0. The molecule has 0 unspecified atom stereocenters. The highest BCUT2D eigenvalue weighted by atomic mass is 16.3. The Morgan fingerprint density at radius 3 is 2.67 bits per heavy atom. The van der Waals surface area contributed by atoms with E-state index in [9.17, 15) is 9.70 Å². The molecule has 0 aromatic heterocycles. The SMILES string of the molecule is C=C/C=C(/C=O)CN=O. The van der Waals surface area contributed by atoms with E-state index in [0.29, 0.717) is 11.9 Å². The number of allylic oxidation sites excluding steroid dienone is 2. The van der Waals surface area contributed by atoms with E-state index in [-0.39, 0.29) is 6.54 Å². The Morgan fingerprint density at radius 1 is 1.67 bits per heavy atom. The Labute approximate surface area is 53.0 Å². The monoisotopic (exact) mass is 125 g/mol. The molecule has 48 valence electrons. The van der Waals surface area contributed by atoms with Crippen LogP contribution in [0.3, 0.4) is 0 Å². The molecule has 0 bridgehead atoms. The molecule has 0 aliphatic carbocycles. The summed E-state index contributed by atoms with van der Waals surface area (Å²) in [5.41, 5.74) is 0.347. The smallest absolute Gasteiger partial charge is 0.148 e. The molecule has 0 aromatic carbocycles. The van der Waals surface area contributed by atoms with Crippen LogP contribution in [0.25, 0.3) is 0 Å². The summed E-state index contributed by atoms with van der Waals surface area (Å²) >= 11 is 0. The number of hydrogen-bond acceptors (Lipinski definition) is 3. The first-order valence-electron chi connectivity index (χ1n) is 2.41. The molecule has 0 fully saturated rings. The number of aldehydes is 1. The van der Waals surface area contributed by atoms with Crippen molar-refractivity contribution in [2.75, 3.05) is 6.54 Å². The fourth-order valence-corrected chi connectivity index (χ4v) is 0.355. The quantitative estimate of drug-likeness (QED) is 0.244. The number of carbonyl (C=O) groups is 1. The van der Waals surface area contributed by atoms with Crippen molar-refractivity contribution in [2.45, 2.75) is 0 Å².